The van der Waals surface area contributed by atoms with E-state index in [-0.39, 0.29) is 19.0 Å². The summed E-state index contributed by atoms with van der Waals surface area (Å²) in [5.74, 6) is -0.571. The molecule has 3 amide bonds. The summed E-state index contributed by atoms with van der Waals surface area (Å²) in [6.07, 6.45) is 0.426. The zero-order valence-corrected chi connectivity index (χ0v) is 11.3. The van der Waals surface area contributed by atoms with Gasteiger partial charge >= 0.3 is 0 Å². The Morgan fingerprint density at radius 2 is 1.89 bits per heavy atom. The number of thiol groups is 1. The molecule has 0 rings (SSSR count). The molecule has 18 heavy (non-hydrogen) atoms. The molecule has 0 spiro atoms. The second-order valence-corrected chi connectivity index (χ2v) is 3.97. The zero-order chi connectivity index (χ0) is 14.0. The highest BCUT2D eigenvalue weighted by molar-refractivity contribution is 7.80. The number of nitrogens with one attached hydrogen (secondary N) is 3. The molecule has 5 N–H and O–H groups in total. The first kappa shape index (κ1) is 16.7. The first-order chi connectivity index (χ1) is 8.54. The summed E-state index contributed by atoms with van der Waals surface area (Å²) < 4.78 is 0. The van der Waals surface area contributed by atoms with Crippen LogP contribution >= 0.6 is 12.6 Å². The molecular formula is C10H20N4O3S. The lowest BCUT2D eigenvalue weighted by atomic mass is 10.2. The molecule has 0 aliphatic carbocycles. The Labute approximate surface area is 112 Å². The maximum Gasteiger partial charge on any atom is 0.243 e. The number of rotatable bonds is 8. The second kappa shape index (κ2) is 9.72. The molecule has 0 aliphatic heterocycles. The molecular weight excluding hydrogens is 256 g/mol. The lowest BCUT2D eigenvalue weighted by molar-refractivity contribution is -0.130. The SMILES string of the molecule is CCC(NC(=O)CN)C(=O)NCC(=O)NCCS. The smallest absolute Gasteiger partial charge is 0.243 e. The first-order valence-corrected chi connectivity index (χ1v) is 6.33. The van der Waals surface area contributed by atoms with Crippen LogP contribution in [0.15, 0.2) is 0 Å². The van der Waals surface area contributed by atoms with Crippen molar-refractivity contribution in [2.45, 2.75) is 19.4 Å². The Balaban J connectivity index is 4.04. The van der Waals surface area contributed by atoms with Crippen LogP contribution in [0, 0.1) is 0 Å². The van der Waals surface area contributed by atoms with E-state index in [2.05, 4.69) is 28.6 Å². The van der Waals surface area contributed by atoms with Crippen molar-refractivity contribution in [1.29, 1.82) is 0 Å². The third-order valence-corrected chi connectivity index (χ3v) is 2.33. The predicted octanol–water partition coefficient (Wildman–Crippen LogP) is -2.00. The van der Waals surface area contributed by atoms with Gasteiger partial charge in [-0.25, -0.2) is 0 Å². The van der Waals surface area contributed by atoms with Crippen molar-refractivity contribution >= 4 is 30.4 Å². The quantitative estimate of drug-likeness (QED) is 0.330. The standard InChI is InChI=1S/C10H20N4O3S/c1-2-7(14-8(15)5-11)10(17)13-6-9(16)12-3-4-18/h7,18H,2-6,11H2,1H3,(H,12,16)(H,13,17)(H,14,15). The van der Waals surface area contributed by atoms with E-state index in [9.17, 15) is 14.4 Å². The van der Waals surface area contributed by atoms with Gasteiger partial charge in [-0.1, -0.05) is 6.92 Å². The Morgan fingerprint density at radius 1 is 1.22 bits per heavy atom. The fourth-order valence-corrected chi connectivity index (χ4v) is 1.27. The van der Waals surface area contributed by atoms with Crippen LogP contribution in [-0.4, -0.2) is 49.2 Å². The minimum Gasteiger partial charge on any atom is -0.354 e. The summed E-state index contributed by atoms with van der Waals surface area (Å²) in [6.45, 7) is 1.90. The Hall–Kier alpha value is -1.28. The summed E-state index contributed by atoms with van der Waals surface area (Å²) in [6, 6.07) is -0.668. The van der Waals surface area contributed by atoms with E-state index in [1.165, 1.54) is 0 Å². The highest BCUT2D eigenvalue weighted by atomic mass is 32.1. The minimum absolute atomic E-state index is 0.123. The lowest BCUT2D eigenvalue weighted by Crippen LogP contribution is -2.50. The van der Waals surface area contributed by atoms with Gasteiger partial charge in [0.1, 0.15) is 6.04 Å². The molecule has 0 saturated carbocycles. The maximum atomic E-state index is 11.6. The highest BCUT2D eigenvalue weighted by Crippen LogP contribution is 1.90. The zero-order valence-electron chi connectivity index (χ0n) is 10.4. The molecule has 104 valence electrons. The normalized spacial score (nSPS) is 11.5. The molecule has 0 radical (unpaired) electrons. The van der Waals surface area contributed by atoms with E-state index in [1.807, 2.05) is 0 Å². The van der Waals surface area contributed by atoms with Gasteiger partial charge in [0, 0.05) is 12.3 Å². The van der Waals surface area contributed by atoms with Gasteiger partial charge < -0.3 is 21.7 Å². The molecule has 0 saturated heterocycles. The molecule has 0 aromatic heterocycles. The minimum atomic E-state index is -0.668. The number of hydrogen-bond donors (Lipinski definition) is 5. The van der Waals surface area contributed by atoms with Crippen molar-refractivity contribution in [2.24, 2.45) is 5.73 Å². The molecule has 8 heteroatoms. The molecule has 0 fully saturated rings. The molecule has 0 aromatic carbocycles. The summed E-state index contributed by atoms with van der Waals surface area (Å²) >= 11 is 3.94. The van der Waals surface area contributed by atoms with Crippen LogP contribution in [0.25, 0.3) is 0 Å². The molecule has 0 aromatic rings. The van der Waals surface area contributed by atoms with Crippen LogP contribution in [0.1, 0.15) is 13.3 Å². The first-order valence-electron chi connectivity index (χ1n) is 5.69. The van der Waals surface area contributed by atoms with Crippen LogP contribution in [0.4, 0.5) is 0 Å². The Bertz CT molecular complexity index is 299. The topological polar surface area (TPSA) is 113 Å². The van der Waals surface area contributed by atoms with E-state index in [0.717, 1.165) is 0 Å². The van der Waals surface area contributed by atoms with Gasteiger partial charge in [-0.2, -0.15) is 12.6 Å². The maximum absolute atomic E-state index is 11.6. The van der Waals surface area contributed by atoms with Crippen LogP contribution in [-0.2, 0) is 14.4 Å². The molecule has 0 aliphatic rings. The third kappa shape index (κ3) is 7.13. The lowest BCUT2D eigenvalue weighted by Gasteiger charge is -2.16. The van der Waals surface area contributed by atoms with Crippen molar-refractivity contribution in [3.63, 3.8) is 0 Å². The van der Waals surface area contributed by atoms with E-state index in [1.54, 1.807) is 6.92 Å². The summed E-state index contributed by atoms with van der Waals surface area (Å²) in [5.41, 5.74) is 5.14. The van der Waals surface area contributed by atoms with E-state index in [4.69, 9.17) is 5.73 Å². The summed E-state index contributed by atoms with van der Waals surface area (Å²) in [7, 11) is 0. The van der Waals surface area contributed by atoms with Gasteiger partial charge in [0.2, 0.25) is 17.7 Å². The van der Waals surface area contributed by atoms with Crippen molar-refractivity contribution in [1.82, 2.24) is 16.0 Å². The molecule has 1 atom stereocenters. The van der Waals surface area contributed by atoms with Crippen molar-refractivity contribution < 1.29 is 14.4 Å². The van der Waals surface area contributed by atoms with Crippen LogP contribution < -0.4 is 21.7 Å². The number of hydrogen-bond acceptors (Lipinski definition) is 5. The van der Waals surface area contributed by atoms with Gasteiger partial charge in [0.15, 0.2) is 0 Å². The van der Waals surface area contributed by atoms with Gasteiger partial charge in [-0.3, -0.25) is 14.4 Å². The van der Waals surface area contributed by atoms with Gasteiger partial charge in [-0.05, 0) is 6.42 Å². The average Bonchev–Trinajstić information content (AvgIpc) is 2.39. The number of carbonyl (C=O) groups excluding carboxylic acids is 3. The number of carbonyl (C=O) groups is 3. The fraction of sp³-hybridized carbons (Fsp3) is 0.700. The number of nitrogens with two attached hydrogens (primary N) is 1. The van der Waals surface area contributed by atoms with E-state index < -0.39 is 17.9 Å². The largest absolute Gasteiger partial charge is 0.354 e. The van der Waals surface area contributed by atoms with Gasteiger partial charge in [0.25, 0.3) is 0 Å². The van der Waals surface area contributed by atoms with Crippen LogP contribution in [0.3, 0.4) is 0 Å². The van der Waals surface area contributed by atoms with Crippen LogP contribution in [0.2, 0.25) is 0 Å². The average molecular weight is 276 g/mol. The third-order valence-electron chi connectivity index (χ3n) is 2.10. The summed E-state index contributed by atoms with van der Waals surface area (Å²) in [4.78, 5) is 33.9. The molecule has 0 bridgehead atoms. The second-order valence-electron chi connectivity index (χ2n) is 3.52. The van der Waals surface area contributed by atoms with E-state index >= 15 is 0 Å². The predicted molar refractivity (Wildman–Crippen MR) is 71.1 cm³/mol. The van der Waals surface area contributed by atoms with Crippen molar-refractivity contribution in [3.05, 3.63) is 0 Å². The molecule has 1 unspecified atom stereocenters. The van der Waals surface area contributed by atoms with Gasteiger partial charge in [-0.15, -0.1) is 0 Å². The monoisotopic (exact) mass is 276 g/mol. The Kier molecular flexibility index (Phi) is 9.03. The van der Waals surface area contributed by atoms with E-state index in [0.29, 0.717) is 18.7 Å². The number of amides is 3. The van der Waals surface area contributed by atoms with Crippen molar-refractivity contribution in [3.8, 4) is 0 Å². The fourth-order valence-electron chi connectivity index (χ4n) is 1.15. The molecule has 0 heterocycles. The Morgan fingerprint density at radius 3 is 2.39 bits per heavy atom. The summed E-state index contributed by atoms with van der Waals surface area (Å²) in [5, 5.41) is 7.46. The van der Waals surface area contributed by atoms with Crippen LogP contribution in [0.5, 0.6) is 0 Å². The highest BCUT2D eigenvalue weighted by Gasteiger charge is 2.18. The molecule has 7 nitrogen and oxygen atoms in total. The van der Waals surface area contributed by atoms with Crippen molar-refractivity contribution in [2.75, 3.05) is 25.4 Å². The van der Waals surface area contributed by atoms with Gasteiger partial charge in [0.05, 0.1) is 13.1 Å².